The van der Waals surface area contributed by atoms with Crippen molar-refractivity contribution < 1.29 is 14.3 Å². The quantitative estimate of drug-likeness (QED) is 0.834. The molecule has 2 rings (SSSR count). The standard InChI is InChI=1S/C17H22N4O3/c1-10-7-6-8-15(11(10)2)24-13(4)16(22)19-20-17(23)14-9-18-21(5)12(14)3/h6-9,13H,1-5H3,(H,19,22)(H,20,23). The highest BCUT2D eigenvalue weighted by molar-refractivity contribution is 5.96. The van der Waals surface area contributed by atoms with Crippen molar-refractivity contribution in [3.05, 3.63) is 46.8 Å². The molecule has 24 heavy (non-hydrogen) atoms. The first kappa shape index (κ1) is 17.5. The van der Waals surface area contributed by atoms with E-state index >= 15 is 0 Å². The molecule has 0 aliphatic rings. The molecule has 7 heteroatoms. The Morgan fingerprint density at radius 2 is 1.92 bits per heavy atom. The first-order valence-electron chi connectivity index (χ1n) is 7.63. The fraction of sp³-hybridized carbons (Fsp3) is 0.353. The number of nitrogens with zero attached hydrogens (tertiary/aromatic N) is 2. The molecule has 0 saturated carbocycles. The Morgan fingerprint density at radius 1 is 1.21 bits per heavy atom. The van der Waals surface area contributed by atoms with Crippen molar-refractivity contribution in [3.63, 3.8) is 0 Å². The molecule has 7 nitrogen and oxygen atoms in total. The summed E-state index contributed by atoms with van der Waals surface area (Å²) >= 11 is 0. The minimum absolute atomic E-state index is 0.404. The monoisotopic (exact) mass is 330 g/mol. The van der Waals surface area contributed by atoms with E-state index in [9.17, 15) is 9.59 Å². The van der Waals surface area contributed by atoms with Crippen LogP contribution in [0.25, 0.3) is 0 Å². The lowest BCUT2D eigenvalue weighted by molar-refractivity contribution is -0.128. The van der Waals surface area contributed by atoms with Crippen LogP contribution in [0, 0.1) is 20.8 Å². The van der Waals surface area contributed by atoms with Gasteiger partial charge in [0.2, 0.25) is 0 Å². The van der Waals surface area contributed by atoms with Gasteiger partial charge in [-0.25, -0.2) is 0 Å². The summed E-state index contributed by atoms with van der Waals surface area (Å²) in [5.41, 5.74) is 7.92. The summed E-state index contributed by atoms with van der Waals surface area (Å²) in [6.45, 7) is 7.31. The smallest absolute Gasteiger partial charge is 0.279 e. The van der Waals surface area contributed by atoms with Crippen LogP contribution in [0.2, 0.25) is 0 Å². The van der Waals surface area contributed by atoms with Crippen molar-refractivity contribution in [3.8, 4) is 5.75 Å². The molecule has 1 aromatic heterocycles. The van der Waals surface area contributed by atoms with Gasteiger partial charge in [-0.2, -0.15) is 5.10 Å². The number of carbonyl (C=O) groups is 2. The van der Waals surface area contributed by atoms with E-state index in [1.165, 1.54) is 6.20 Å². The number of rotatable bonds is 4. The molecule has 128 valence electrons. The molecule has 0 aliphatic heterocycles. The number of nitrogens with one attached hydrogen (secondary N) is 2. The molecule has 2 N–H and O–H groups in total. The summed E-state index contributed by atoms with van der Waals surface area (Å²) in [7, 11) is 1.74. The second kappa shape index (κ2) is 7.16. The predicted octanol–water partition coefficient (Wildman–Crippen LogP) is 1.57. The number of aryl methyl sites for hydroxylation is 2. The highest BCUT2D eigenvalue weighted by Crippen LogP contribution is 2.21. The van der Waals surface area contributed by atoms with E-state index in [4.69, 9.17) is 4.74 Å². The van der Waals surface area contributed by atoms with E-state index in [2.05, 4.69) is 16.0 Å². The average molecular weight is 330 g/mol. The maximum Gasteiger partial charge on any atom is 0.279 e. The van der Waals surface area contributed by atoms with Gasteiger partial charge >= 0.3 is 0 Å². The third-order valence-electron chi connectivity index (χ3n) is 4.01. The molecule has 2 aromatic rings. The van der Waals surface area contributed by atoms with E-state index < -0.39 is 17.9 Å². The number of hydrogen-bond acceptors (Lipinski definition) is 4. The third-order valence-corrected chi connectivity index (χ3v) is 4.01. The summed E-state index contributed by atoms with van der Waals surface area (Å²) in [6, 6.07) is 5.66. The number of hydrazine groups is 1. The number of ether oxygens (including phenoxy) is 1. The molecule has 1 heterocycles. The van der Waals surface area contributed by atoms with Crippen molar-refractivity contribution >= 4 is 11.8 Å². The molecule has 1 atom stereocenters. The van der Waals surface area contributed by atoms with Gasteiger partial charge in [-0.05, 0) is 44.9 Å². The normalized spacial score (nSPS) is 11.7. The van der Waals surface area contributed by atoms with Gasteiger partial charge in [0.05, 0.1) is 11.8 Å². The minimum atomic E-state index is -0.749. The zero-order chi connectivity index (χ0) is 17.9. The van der Waals surface area contributed by atoms with Crippen LogP contribution in [-0.4, -0.2) is 27.7 Å². The number of benzene rings is 1. The highest BCUT2D eigenvalue weighted by atomic mass is 16.5. The molecule has 0 aliphatic carbocycles. The highest BCUT2D eigenvalue weighted by Gasteiger charge is 2.18. The summed E-state index contributed by atoms with van der Waals surface area (Å²) in [5.74, 6) is -0.217. The maximum atomic E-state index is 12.1. The van der Waals surface area contributed by atoms with Gasteiger partial charge in [-0.3, -0.25) is 25.1 Å². The largest absolute Gasteiger partial charge is 0.481 e. The number of carbonyl (C=O) groups excluding carboxylic acids is 2. The van der Waals surface area contributed by atoms with Crippen LogP contribution in [0.1, 0.15) is 34.1 Å². The lowest BCUT2D eigenvalue weighted by Crippen LogP contribution is -2.47. The lowest BCUT2D eigenvalue weighted by Gasteiger charge is -2.17. The molecule has 0 radical (unpaired) electrons. The summed E-state index contributed by atoms with van der Waals surface area (Å²) < 4.78 is 7.26. The van der Waals surface area contributed by atoms with Crippen molar-refractivity contribution in [1.82, 2.24) is 20.6 Å². The van der Waals surface area contributed by atoms with Crippen LogP contribution in [0.4, 0.5) is 0 Å². The summed E-state index contributed by atoms with van der Waals surface area (Å²) in [6.07, 6.45) is 0.702. The van der Waals surface area contributed by atoms with Crippen LogP contribution < -0.4 is 15.6 Å². The SMILES string of the molecule is Cc1cccc(OC(C)C(=O)NNC(=O)c2cnn(C)c2C)c1C. The van der Waals surface area contributed by atoms with Gasteiger partial charge in [0.25, 0.3) is 11.8 Å². The van der Waals surface area contributed by atoms with Crippen molar-refractivity contribution in [1.29, 1.82) is 0 Å². The second-order valence-electron chi connectivity index (χ2n) is 5.67. The number of hydrogen-bond donors (Lipinski definition) is 2. The zero-order valence-corrected chi connectivity index (χ0v) is 14.5. The Hall–Kier alpha value is -2.83. The van der Waals surface area contributed by atoms with Gasteiger partial charge in [0.1, 0.15) is 5.75 Å². The van der Waals surface area contributed by atoms with Crippen LogP contribution in [0.15, 0.2) is 24.4 Å². The zero-order valence-electron chi connectivity index (χ0n) is 14.5. The van der Waals surface area contributed by atoms with Crippen LogP contribution in [-0.2, 0) is 11.8 Å². The fourth-order valence-electron chi connectivity index (χ4n) is 2.10. The van der Waals surface area contributed by atoms with Gasteiger partial charge in [0, 0.05) is 12.7 Å². The Bertz CT molecular complexity index is 767. The maximum absolute atomic E-state index is 12.1. The molecule has 2 amide bonds. The van der Waals surface area contributed by atoms with E-state index in [0.717, 1.165) is 11.1 Å². The molecule has 0 fully saturated rings. The summed E-state index contributed by atoms with van der Waals surface area (Å²) in [4.78, 5) is 24.1. The predicted molar refractivity (Wildman–Crippen MR) is 89.6 cm³/mol. The van der Waals surface area contributed by atoms with Gasteiger partial charge < -0.3 is 4.74 Å². The molecule has 1 unspecified atom stereocenters. The Kier molecular flexibility index (Phi) is 5.23. The topological polar surface area (TPSA) is 85.2 Å². The first-order chi connectivity index (χ1) is 11.3. The van der Waals surface area contributed by atoms with Crippen molar-refractivity contribution in [2.45, 2.75) is 33.8 Å². The van der Waals surface area contributed by atoms with Crippen LogP contribution in [0.3, 0.4) is 0 Å². The lowest BCUT2D eigenvalue weighted by atomic mass is 10.1. The third kappa shape index (κ3) is 3.73. The van der Waals surface area contributed by atoms with Gasteiger partial charge in [-0.1, -0.05) is 12.1 Å². The molecule has 0 spiro atoms. The van der Waals surface area contributed by atoms with Gasteiger partial charge in [-0.15, -0.1) is 0 Å². The van der Waals surface area contributed by atoms with E-state index in [1.54, 1.807) is 25.6 Å². The minimum Gasteiger partial charge on any atom is -0.481 e. The molecule has 0 saturated heterocycles. The van der Waals surface area contributed by atoms with Crippen LogP contribution in [0.5, 0.6) is 5.75 Å². The van der Waals surface area contributed by atoms with Gasteiger partial charge in [0.15, 0.2) is 6.10 Å². The fourth-order valence-corrected chi connectivity index (χ4v) is 2.10. The number of aromatic nitrogens is 2. The Morgan fingerprint density at radius 3 is 2.54 bits per heavy atom. The molecular weight excluding hydrogens is 308 g/mol. The summed E-state index contributed by atoms with van der Waals surface area (Å²) in [5, 5.41) is 3.99. The van der Waals surface area contributed by atoms with E-state index in [0.29, 0.717) is 17.0 Å². The Balaban J connectivity index is 1.93. The van der Waals surface area contributed by atoms with Crippen molar-refractivity contribution in [2.75, 3.05) is 0 Å². The Labute approximate surface area is 141 Å². The van der Waals surface area contributed by atoms with Crippen molar-refractivity contribution in [2.24, 2.45) is 7.05 Å². The average Bonchev–Trinajstić information content (AvgIpc) is 2.88. The molecule has 1 aromatic carbocycles. The van der Waals surface area contributed by atoms with E-state index in [1.807, 2.05) is 32.0 Å². The van der Waals surface area contributed by atoms with E-state index in [-0.39, 0.29) is 0 Å². The molecular formula is C17H22N4O3. The molecule has 0 bridgehead atoms. The number of amides is 2. The van der Waals surface area contributed by atoms with Crippen LogP contribution >= 0.6 is 0 Å². The first-order valence-corrected chi connectivity index (χ1v) is 7.63. The second-order valence-corrected chi connectivity index (χ2v) is 5.67.